The number of nitrogens with two attached hydrogens (primary N) is 1. The number of primary amides is 1. The predicted octanol–water partition coefficient (Wildman–Crippen LogP) is -0.867. The molecule has 2 N–H and O–H groups in total. The van der Waals surface area contributed by atoms with Crippen LogP contribution < -0.4 is 5.73 Å². The SMILES string of the molecule is COC(=O)C(C)(C)COS(=O)(=O)ON1C(=O)N2CC1CC[C@H]2C(N)=O. The highest BCUT2D eigenvalue weighted by molar-refractivity contribution is 7.81. The molecule has 2 fully saturated rings. The Balaban J connectivity index is 2.03. The molecule has 2 aliphatic heterocycles. The molecule has 0 saturated carbocycles. The van der Waals surface area contributed by atoms with Gasteiger partial charge in [-0.05, 0) is 26.7 Å². The van der Waals surface area contributed by atoms with Crippen LogP contribution in [0.3, 0.4) is 0 Å². The summed E-state index contributed by atoms with van der Waals surface area (Å²) in [6.07, 6.45) is 0.681. The minimum atomic E-state index is -4.59. The zero-order chi connectivity index (χ0) is 19.0. The second kappa shape index (κ2) is 6.77. The number of methoxy groups -OCH3 is 1. The van der Waals surface area contributed by atoms with Crippen molar-refractivity contribution in [2.45, 2.75) is 38.8 Å². The number of carbonyl (C=O) groups is 3. The number of piperidine rings is 1. The summed E-state index contributed by atoms with van der Waals surface area (Å²) in [5, 5.41) is 0.670. The molecule has 2 atom stereocenters. The maximum atomic E-state index is 12.3. The average Bonchev–Trinajstić information content (AvgIpc) is 2.76. The van der Waals surface area contributed by atoms with Gasteiger partial charge in [-0.25, -0.2) is 8.98 Å². The Morgan fingerprint density at radius 2 is 1.96 bits per heavy atom. The van der Waals surface area contributed by atoms with Crippen LogP contribution in [0.1, 0.15) is 26.7 Å². The zero-order valence-corrected chi connectivity index (χ0v) is 14.9. The molecule has 1 unspecified atom stereocenters. The van der Waals surface area contributed by atoms with Crippen molar-refractivity contribution in [3.8, 4) is 0 Å². The van der Waals surface area contributed by atoms with Crippen LogP contribution in [-0.4, -0.2) is 68.6 Å². The molecule has 0 aromatic rings. The lowest BCUT2D eigenvalue weighted by Crippen LogP contribution is -2.47. The van der Waals surface area contributed by atoms with Gasteiger partial charge in [0.2, 0.25) is 5.91 Å². The maximum absolute atomic E-state index is 12.3. The molecule has 2 rings (SSSR count). The van der Waals surface area contributed by atoms with Gasteiger partial charge in [0.05, 0.1) is 25.2 Å². The molecule has 0 radical (unpaired) electrons. The first-order valence-corrected chi connectivity index (χ1v) is 8.88. The van der Waals surface area contributed by atoms with E-state index < -0.39 is 52.4 Å². The minimum absolute atomic E-state index is 0.135. The van der Waals surface area contributed by atoms with Crippen LogP contribution in [0.5, 0.6) is 0 Å². The number of nitrogens with zero attached hydrogens (tertiary/aromatic N) is 2. The number of urea groups is 1. The number of hydrogen-bond donors (Lipinski definition) is 1. The smallest absolute Gasteiger partial charge is 0.421 e. The number of carbonyl (C=O) groups excluding carboxylic acids is 3. The average molecular weight is 379 g/mol. The molecular weight excluding hydrogens is 358 g/mol. The summed E-state index contributed by atoms with van der Waals surface area (Å²) in [6, 6.07) is -2.10. The number of amides is 3. The van der Waals surface area contributed by atoms with Gasteiger partial charge in [-0.2, -0.15) is 13.5 Å². The fraction of sp³-hybridized carbons (Fsp3) is 0.769. The molecule has 2 bridgehead atoms. The van der Waals surface area contributed by atoms with E-state index in [0.717, 1.165) is 0 Å². The largest absolute Gasteiger partial charge is 0.469 e. The molecule has 0 aromatic carbocycles. The van der Waals surface area contributed by atoms with Gasteiger partial charge in [0.1, 0.15) is 6.04 Å². The number of fused-ring (bicyclic) bond motifs is 2. The van der Waals surface area contributed by atoms with E-state index in [9.17, 15) is 22.8 Å². The fourth-order valence-corrected chi connectivity index (χ4v) is 3.56. The Kier molecular flexibility index (Phi) is 5.25. The van der Waals surface area contributed by atoms with Crippen LogP contribution in [0.2, 0.25) is 0 Å². The van der Waals surface area contributed by atoms with Gasteiger partial charge in [0.25, 0.3) is 0 Å². The predicted molar refractivity (Wildman–Crippen MR) is 81.7 cm³/mol. The normalized spacial score (nSPS) is 23.7. The van der Waals surface area contributed by atoms with Gasteiger partial charge in [0.15, 0.2) is 0 Å². The molecule has 0 aliphatic carbocycles. The number of ether oxygens (including phenoxy) is 1. The molecule has 142 valence electrons. The van der Waals surface area contributed by atoms with Crippen molar-refractivity contribution in [3.63, 3.8) is 0 Å². The Hall–Kier alpha value is -1.92. The van der Waals surface area contributed by atoms with Crippen LogP contribution in [0.15, 0.2) is 0 Å². The molecule has 0 spiro atoms. The zero-order valence-electron chi connectivity index (χ0n) is 14.1. The van der Waals surface area contributed by atoms with Crippen molar-refractivity contribution in [2.24, 2.45) is 11.1 Å². The maximum Gasteiger partial charge on any atom is 0.421 e. The molecule has 25 heavy (non-hydrogen) atoms. The van der Waals surface area contributed by atoms with Gasteiger partial charge in [-0.3, -0.25) is 9.59 Å². The van der Waals surface area contributed by atoms with Crippen molar-refractivity contribution < 1.29 is 36.0 Å². The summed E-state index contributed by atoms with van der Waals surface area (Å²) in [5.41, 5.74) is 4.02. The Labute approximate surface area is 145 Å². The van der Waals surface area contributed by atoms with E-state index in [1.807, 2.05) is 0 Å². The Morgan fingerprint density at radius 1 is 1.32 bits per heavy atom. The third kappa shape index (κ3) is 4.02. The Bertz CT molecular complexity index is 677. The van der Waals surface area contributed by atoms with Crippen molar-refractivity contribution in [2.75, 3.05) is 20.3 Å². The second-order valence-corrected chi connectivity index (χ2v) is 7.73. The topological polar surface area (TPSA) is 146 Å². The summed E-state index contributed by atoms with van der Waals surface area (Å²) in [5.74, 6) is -1.32. The van der Waals surface area contributed by atoms with Gasteiger partial charge < -0.3 is 15.4 Å². The second-order valence-electron chi connectivity index (χ2n) is 6.53. The van der Waals surface area contributed by atoms with Crippen molar-refractivity contribution >= 4 is 28.3 Å². The minimum Gasteiger partial charge on any atom is -0.469 e. The van der Waals surface area contributed by atoms with Crippen LogP contribution in [0, 0.1) is 5.41 Å². The van der Waals surface area contributed by atoms with Crippen molar-refractivity contribution in [3.05, 3.63) is 0 Å². The van der Waals surface area contributed by atoms with E-state index in [4.69, 9.17) is 14.2 Å². The first-order chi connectivity index (χ1) is 11.5. The lowest BCUT2D eigenvalue weighted by Gasteiger charge is -2.27. The lowest BCUT2D eigenvalue weighted by molar-refractivity contribution is -0.152. The van der Waals surface area contributed by atoms with Gasteiger partial charge in [-0.1, -0.05) is 0 Å². The molecule has 0 aromatic heterocycles. The van der Waals surface area contributed by atoms with E-state index >= 15 is 0 Å². The van der Waals surface area contributed by atoms with Gasteiger partial charge >= 0.3 is 22.4 Å². The van der Waals surface area contributed by atoms with Gasteiger partial charge in [0, 0.05) is 6.54 Å². The number of hydrogen-bond acceptors (Lipinski definition) is 8. The molecule has 3 amide bonds. The van der Waals surface area contributed by atoms with E-state index in [0.29, 0.717) is 17.9 Å². The highest BCUT2D eigenvalue weighted by Crippen LogP contribution is 2.31. The summed E-state index contributed by atoms with van der Waals surface area (Å²) in [7, 11) is -3.43. The molecule has 11 nitrogen and oxygen atoms in total. The molecular formula is C13H21N3O8S. The monoisotopic (exact) mass is 379 g/mol. The standard InChI is InChI=1S/C13H21N3O8S/c1-13(2,11(18)22-3)7-23-25(20,21)24-16-8-4-5-9(10(14)17)15(6-8)12(16)19/h8-9H,4-7H2,1-3H3,(H2,14,17)/t8?,9-/m0/s1. The van der Waals surface area contributed by atoms with E-state index in [1.165, 1.54) is 25.9 Å². The molecule has 2 aliphatic rings. The number of rotatable bonds is 7. The van der Waals surface area contributed by atoms with E-state index in [2.05, 4.69) is 4.74 Å². The fourth-order valence-electron chi connectivity index (χ4n) is 2.70. The van der Waals surface area contributed by atoms with Crippen molar-refractivity contribution in [1.82, 2.24) is 9.96 Å². The van der Waals surface area contributed by atoms with E-state index in [1.54, 1.807) is 0 Å². The first-order valence-electron chi connectivity index (χ1n) is 7.55. The number of hydroxylamine groups is 2. The Morgan fingerprint density at radius 3 is 2.52 bits per heavy atom. The highest BCUT2D eigenvalue weighted by atomic mass is 32.3. The summed E-state index contributed by atoms with van der Waals surface area (Å²) >= 11 is 0. The lowest BCUT2D eigenvalue weighted by atomic mass is 9.95. The number of esters is 1. The first kappa shape index (κ1) is 19.4. The summed E-state index contributed by atoms with van der Waals surface area (Å²) in [4.78, 5) is 36.3. The van der Waals surface area contributed by atoms with Crippen LogP contribution in [0.25, 0.3) is 0 Å². The molecule has 2 heterocycles. The molecule has 2 saturated heterocycles. The van der Waals surface area contributed by atoms with E-state index in [-0.39, 0.29) is 6.54 Å². The summed E-state index contributed by atoms with van der Waals surface area (Å²) in [6.45, 7) is 2.48. The third-order valence-electron chi connectivity index (χ3n) is 4.12. The van der Waals surface area contributed by atoms with Crippen LogP contribution in [0.4, 0.5) is 4.79 Å². The summed E-state index contributed by atoms with van der Waals surface area (Å²) < 4.78 is 38.0. The molecule has 12 heteroatoms. The van der Waals surface area contributed by atoms with Gasteiger partial charge in [-0.15, -0.1) is 4.28 Å². The van der Waals surface area contributed by atoms with Crippen LogP contribution in [-0.2, 0) is 33.2 Å². The highest BCUT2D eigenvalue weighted by Gasteiger charge is 2.49. The van der Waals surface area contributed by atoms with Crippen molar-refractivity contribution in [1.29, 1.82) is 0 Å². The quantitative estimate of drug-likeness (QED) is 0.562. The van der Waals surface area contributed by atoms with Crippen LogP contribution >= 0.6 is 0 Å². The third-order valence-corrected chi connectivity index (χ3v) is 4.87.